The van der Waals surface area contributed by atoms with E-state index in [1.807, 2.05) is 37.3 Å². The van der Waals surface area contributed by atoms with Gasteiger partial charge in [-0.3, -0.25) is 14.4 Å². The highest BCUT2D eigenvalue weighted by Crippen LogP contribution is 2.16. The van der Waals surface area contributed by atoms with Crippen LogP contribution >= 0.6 is 0 Å². The average molecular weight is 454 g/mol. The molecule has 0 saturated heterocycles. The van der Waals surface area contributed by atoms with Gasteiger partial charge in [0.1, 0.15) is 6.61 Å². The van der Waals surface area contributed by atoms with Crippen LogP contribution < -0.4 is 10.6 Å². The standard InChI is InChI=1S/C25H31N3O5/c1-4-11-20(26-2)23(30)24(31)28(3)16-21(29)27-22(19-14-9-6-10-15-19)25(32)33-17-18-12-7-5-8-13-18/h5-10,12-15,20,22,26H,4,11,16-17H2,1-3H3,(H,27,29). The van der Waals surface area contributed by atoms with Crippen molar-refractivity contribution in [1.29, 1.82) is 0 Å². The van der Waals surface area contributed by atoms with E-state index in [0.29, 0.717) is 12.0 Å². The minimum Gasteiger partial charge on any atom is -0.459 e. The van der Waals surface area contributed by atoms with Crippen LogP contribution in [0.3, 0.4) is 0 Å². The summed E-state index contributed by atoms with van der Waals surface area (Å²) in [4.78, 5) is 51.4. The quantitative estimate of drug-likeness (QED) is 0.376. The van der Waals surface area contributed by atoms with Crippen molar-refractivity contribution < 1.29 is 23.9 Å². The average Bonchev–Trinajstić information content (AvgIpc) is 2.84. The number of Topliss-reactive ketones (excluding diaryl/α,β-unsaturated/α-hetero) is 1. The molecule has 2 aromatic rings. The van der Waals surface area contributed by atoms with Crippen LogP contribution in [0.25, 0.3) is 0 Å². The van der Waals surface area contributed by atoms with Crippen molar-refractivity contribution in [2.24, 2.45) is 0 Å². The summed E-state index contributed by atoms with van der Waals surface area (Å²) in [6.07, 6.45) is 1.25. The maximum Gasteiger partial charge on any atom is 0.333 e. The number of ketones is 1. The molecule has 0 radical (unpaired) electrons. The van der Waals surface area contributed by atoms with Crippen molar-refractivity contribution in [2.75, 3.05) is 20.6 Å². The highest BCUT2D eigenvalue weighted by Gasteiger charge is 2.29. The minimum absolute atomic E-state index is 0.0641. The van der Waals surface area contributed by atoms with Gasteiger partial charge in [0.05, 0.1) is 12.6 Å². The molecule has 176 valence electrons. The van der Waals surface area contributed by atoms with Crippen LogP contribution in [0.4, 0.5) is 0 Å². The molecule has 2 atom stereocenters. The molecule has 0 heterocycles. The number of nitrogens with one attached hydrogen (secondary N) is 2. The number of rotatable bonds is 12. The predicted octanol–water partition coefficient (Wildman–Crippen LogP) is 2.00. The van der Waals surface area contributed by atoms with Gasteiger partial charge >= 0.3 is 5.97 Å². The van der Waals surface area contributed by atoms with E-state index in [2.05, 4.69) is 10.6 Å². The zero-order valence-corrected chi connectivity index (χ0v) is 19.2. The number of likely N-dealkylation sites (N-methyl/N-ethyl adjacent to an activating group) is 2. The molecule has 2 amide bonds. The molecule has 2 unspecified atom stereocenters. The molecular formula is C25H31N3O5. The van der Waals surface area contributed by atoms with E-state index in [9.17, 15) is 19.2 Å². The summed E-state index contributed by atoms with van der Waals surface area (Å²) in [5, 5.41) is 5.46. The zero-order chi connectivity index (χ0) is 24.2. The van der Waals surface area contributed by atoms with Crippen LogP contribution in [-0.2, 0) is 30.5 Å². The lowest BCUT2D eigenvalue weighted by Gasteiger charge is -2.22. The van der Waals surface area contributed by atoms with Crippen LogP contribution in [-0.4, -0.2) is 55.1 Å². The number of hydrogen-bond donors (Lipinski definition) is 2. The summed E-state index contributed by atoms with van der Waals surface area (Å²) in [6.45, 7) is 1.61. The van der Waals surface area contributed by atoms with Gasteiger partial charge in [-0.05, 0) is 24.6 Å². The van der Waals surface area contributed by atoms with Gasteiger partial charge in [0.2, 0.25) is 11.7 Å². The van der Waals surface area contributed by atoms with Crippen molar-refractivity contribution in [3.8, 4) is 0 Å². The molecular weight excluding hydrogens is 422 g/mol. The highest BCUT2D eigenvalue weighted by atomic mass is 16.5. The van der Waals surface area contributed by atoms with E-state index in [1.165, 1.54) is 7.05 Å². The Labute approximate surface area is 194 Å². The molecule has 2 N–H and O–H groups in total. The second-order valence-electron chi connectivity index (χ2n) is 7.66. The number of hydrogen-bond acceptors (Lipinski definition) is 6. The number of esters is 1. The van der Waals surface area contributed by atoms with Crippen molar-refractivity contribution >= 4 is 23.6 Å². The van der Waals surface area contributed by atoms with E-state index in [4.69, 9.17) is 4.74 Å². The summed E-state index contributed by atoms with van der Waals surface area (Å²) in [7, 11) is 2.99. The first-order chi connectivity index (χ1) is 15.9. The van der Waals surface area contributed by atoms with Gasteiger partial charge in [0.25, 0.3) is 5.91 Å². The third-order valence-corrected chi connectivity index (χ3v) is 5.08. The number of nitrogens with zero attached hydrogens (tertiary/aromatic N) is 1. The van der Waals surface area contributed by atoms with Crippen molar-refractivity contribution in [3.05, 3.63) is 71.8 Å². The van der Waals surface area contributed by atoms with Crippen LogP contribution in [0.2, 0.25) is 0 Å². The molecule has 0 aliphatic heterocycles. The van der Waals surface area contributed by atoms with E-state index in [1.54, 1.807) is 37.4 Å². The first-order valence-electron chi connectivity index (χ1n) is 10.9. The first kappa shape index (κ1) is 25.7. The summed E-state index contributed by atoms with van der Waals surface area (Å²) in [5.74, 6) is -2.57. The number of ether oxygens (including phenoxy) is 1. The van der Waals surface area contributed by atoms with Gasteiger partial charge in [0.15, 0.2) is 6.04 Å². The molecule has 8 heteroatoms. The van der Waals surface area contributed by atoms with Crippen LogP contribution in [0.1, 0.15) is 36.9 Å². The fraction of sp³-hybridized carbons (Fsp3) is 0.360. The topological polar surface area (TPSA) is 105 Å². The number of amides is 2. The van der Waals surface area contributed by atoms with Crippen molar-refractivity contribution in [3.63, 3.8) is 0 Å². The Hall–Kier alpha value is -3.52. The normalized spacial score (nSPS) is 12.3. The van der Waals surface area contributed by atoms with Crippen LogP contribution in [0.15, 0.2) is 60.7 Å². The number of carbonyl (C=O) groups excluding carboxylic acids is 4. The lowest BCUT2D eigenvalue weighted by atomic mass is 10.1. The Morgan fingerprint density at radius 1 is 0.970 bits per heavy atom. The largest absolute Gasteiger partial charge is 0.459 e. The van der Waals surface area contributed by atoms with Gasteiger partial charge in [0, 0.05) is 7.05 Å². The van der Waals surface area contributed by atoms with Crippen LogP contribution in [0.5, 0.6) is 0 Å². The highest BCUT2D eigenvalue weighted by molar-refractivity contribution is 6.38. The molecule has 0 aliphatic carbocycles. The molecule has 33 heavy (non-hydrogen) atoms. The van der Waals surface area contributed by atoms with Gasteiger partial charge in [-0.1, -0.05) is 74.0 Å². The van der Waals surface area contributed by atoms with E-state index in [0.717, 1.165) is 16.9 Å². The van der Waals surface area contributed by atoms with Crippen molar-refractivity contribution in [1.82, 2.24) is 15.5 Å². The minimum atomic E-state index is -1.05. The summed E-state index contributed by atoms with van der Waals surface area (Å²) < 4.78 is 5.41. The molecule has 0 saturated carbocycles. The molecule has 8 nitrogen and oxygen atoms in total. The van der Waals surface area contributed by atoms with E-state index >= 15 is 0 Å². The predicted molar refractivity (Wildman–Crippen MR) is 124 cm³/mol. The molecule has 0 spiro atoms. The summed E-state index contributed by atoms with van der Waals surface area (Å²) in [6, 6.07) is 16.3. The Bertz CT molecular complexity index is 934. The summed E-state index contributed by atoms with van der Waals surface area (Å²) in [5.41, 5.74) is 1.37. The number of benzene rings is 2. The monoisotopic (exact) mass is 453 g/mol. The third kappa shape index (κ3) is 7.84. The Kier molecular flexibility index (Phi) is 10.2. The Morgan fingerprint density at radius 3 is 2.15 bits per heavy atom. The molecule has 2 aromatic carbocycles. The first-order valence-corrected chi connectivity index (χ1v) is 10.9. The lowest BCUT2D eigenvalue weighted by molar-refractivity contribution is -0.150. The second-order valence-corrected chi connectivity index (χ2v) is 7.66. The van der Waals surface area contributed by atoms with E-state index < -0.39 is 35.7 Å². The maximum absolute atomic E-state index is 12.8. The van der Waals surface area contributed by atoms with Gasteiger partial charge in [-0.25, -0.2) is 4.79 Å². The maximum atomic E-state index is 12.8. The Morgan fingerprint density at radius 2 is 1.58 bits per heavy atom. The molecule has 0 aromatic heterocycles. The van der Waals surface area contributed by atoms with Crippen molar-refractivity contribution in [2.45, 2.75) is 38.5 Å². The van der Waals surface area contributed by atoms with E-state index in [-0.39, 0.29) is 13.2 Å². The molecule has 0 fully saturated rings. The SMILES string of the molecule is CCCC(NC)C(=O)C(=O)N(C)CC(=O)NC(C(=O)OCc1ccccc1)c1ccccc1. The smallest absolute Gasteiger partial charge is 0.333 e. The number of carbonyl (C=O) groups is 4. The van der Waals surface area contributed by atoms with Gasteiger partial charge in [-0.15, -0.1) is 0 Å². The zero-order valence-electron chi connectivity index (χ0n) is 19.2. The molecule has 0 bridgehead atoms. The fourth-order valence-electron chi connectivity index (χ4n) is 3.26. The second kappa shape index (κ2) is 13.1. The van der Waals surface area contributed by atoms with Crippen LogP contribution in [0, 0.1) is 0 Å². The van der Waals surface area contributed by atoms with Gasteiger partial charge in [-0.2, -0.15) is 0 Å². The molecule has 2 rings (SSSR count). The van der Waals surface area contributed by atoms with Gasteiger partial charge < -0.3 is 20.3 Å². The third-order valence-electron chi connectivity index (χ3n) is 5.08. The molecule has 0 aliphatic rings. The summed E-state index contributed by atoms with van der Waals surface area (Å²) >= 11 is 0. The Balaban J connectivity index is 2.04. The lowest BCUT2D eigenvalue weighted by Crippen LogP contribution is -2.48. The fourth-order valence-corrected chi connectivity index (χ4v) is 3.26.